The van der Waals surface area contributed by atoms with Gasteiger partial charge in [0.05, 0.1) is 0 Å². The summed E-state index contributed by atoms with van der Waals surface area (Å²) in [4.78, 5) is 26.6. The highest BCUT2D eigenvalue weighted by molar-refractivity contribution is 14.1. The normalized spacial score (nSPS) is 14.7. The molecule has 0 saturated carbocycles. The van der Waals surface area contributed by atoms with Gasteiger partial charge in [-0.25, -0.2) is 15.0 Å². The van der Waals surface area contributed by atoms with E-state index in [4.69, 9.17) is 10.7 Å². The Kier molecular flexibility index (Phi) is 5.43. The van der Waals surface area contributed by atoms with Crippen LogP contribution in [0, 0.1) is 3.57 Å². The molecule has 3 aromatic rings. The predicted octanol–water partition coefficient (Wildman–Crippen LogP) is 4.47. The largest absolute Gasteiger partial charge is 0.382 e. The second-order valence-corrected chi connectivity index (χ2v) is 9.87. The molecule has 0 unspecified atom stereocenters. The summed E-state index contributed by atoms with van der Waals surface area (Å²) in [5.74, 6) is 0.622. The molecule has 140 valence electrons. The van der Waals surface area contributed by atoms with E-state index in [-0.39, 0.29) is 5.78 Å². The number of halogens is 2. The van der Waals surface area contributed by atoms with Crippen molar-refractivity contribution in [2.45, 2.75) is 47.6 Å². The van der Waals surface area contributed by atoms with Crippen LogP contribution >= 0.6 is 50.3 Å². The SMILES string of the molecule is CC[C@@H](Br)Cn1c(Sc2cc3c(cc2I)C(=O)CC3)nc2c(N)ncnc21. The number of nitrogens with two attached hydrogens (primary N) is 1. The molecular formula is C18H17BrIN5OS. The average Bonchev–Trinajstić information content (AvgIpc) is 3.18. The van der Waals surface area contributed by atoms with Crippen LogP contribution in [0.3, 0.4) is 0 Å². The fourth-order valence-corrected chi connectivity index (χ4v) is 5.17. The third kappa shape index (κ3) is 3.61. The molecule has 0 saturated heterocycles. The summed E-state index contributed by atoms with van der Waals surface area (Å²) >= 11 is 7.58. The number of carbonyl (C=O) groups excluding carboxylic acids is 1. The molecule has 0 aliphatic heterocycles. The van der Waals surface area contributed by atoms with E-state index in [2.05, 4.69) is 66.0 Å². The highest BCUT2D eigenvalue weighted by atomic mass is 127. The third-order valence-corrected chi connectivity index (χ3v) is 7.88. The van der Waals surface area contributed by atoms with E-state index in [1.54, 1.807) is 11.8 Å². The van der Waals surface area contributed by atoms with Gasteiger partial charge in [0, 0.05) is 31.8 Å². The van der Waals surface area contributed by atoms with Crippen molar-refractivity contribution in [1.29, 1.82) is 0 Å². The average molecular weight is 558 g/mol. The van der Waals surface area contributed by atoms with Gasteiger partial charge in [0.25, 0.3) is 0 Å². The molecule has 1 aliphatic carbocycles. The minimum Gasteiger partial charge on any atom is -0.382 e. The summed E-state index contributed by atoms with van der Waals surface area (Å²) in [6.07, 6.45) is 3.88. The van der Waals surface area contributed by atoms with E-state index in [1.165, 1.54) is 6.33 Å². The van der Waals surface area contributed by atoms with Crippen molar-refractivity contribution in [3.8, 4) is 0 Å². The number of anilines is 1. The number of benzene rings is 1. The number of fused-ring (bicyclic) bond motifs is 2. The maximum atomic E-state index is 12.0. The van der Waals surface area contributed by atoms with Crippen molar-refractivity contribution in [3.63, 3.8) is 0 Å². The van der Waals surface area contributed by atoms with Gasteiger partial charge in [-0.15, -0.1) is 0 Å². The molecule has 1 atom stereocenters. The van der Waals surface area contributed by atoms with Gasteiger partial charge in [-0.1, -0.05) is 34.6 Å². The van der Waals surface area contributed by atoms with Gasteiger partial charge in [-0.05, 0) is 53.1 Å². The Morgan fingerprint density at radius 1 is 1.37 bits per heavy atom. The number of nitrogens with zero attached hydrogens (tertiary/aromatic N) is 4. The fraction of sp³-hybridized carbons (Fsp3) is 0.333. The van der Waals surface area contributed by atoms with Crippen LogP contribution in [0.1, 0.15) is 35.7 Å². The number of aryl methyl sites for hydroxylation is 1. The van der Waals surface area contributed by atoms with E-state index in [0.717, 1.165) is 49.8 Å². The van der Waals surface area contributed by atoms with Gasteiger partial charge in [-0.3, -0.25) is 4.79 Å². The second kappa shape index (κ2) is 7.67. The van der Waals surface area contributed by atoms with Crippen LogP contribution in [-0.2, 0) is 13.0 Å². The maximum absolute atomic E-state index is 12.0. The monoisotopic (exact) mass is 557 g/mol. The number of alkyl halides is 1. The molecule has 2 heterocycles. The number of hydrogen-bond donors (Lipinski definition) is 1. The van der Waals surface area contributed by atoms with Crippen molar-refractivity contribution in [1.82, 2.24) is 19.5 Å². The molecule has 0 bridgehead atoms. The molecule has 4 rings (SSSR count). The first-order valence-corrected chi connectivity index (χ1v) is 11.4. The molecule has 0 radical (unpaired) electrons. The van der Waals surface area contributed by atoms with Gasteiger partial charge >= 0.3 is 0 Å². The second-order valence-electron chi connectivity index (χ2n) is 6.41. The first kappa shape index (κ1) is 19.1. The highest BCUT2D eigenvalue weighted by Crippen LogP contribution is 2.37. The maximum Gasteiger partial charge on any atom is 0.175 e. The van der Waals surface area contributed by atoms with Crippen molar-refractivity contribution >= 4 is 73.0 Å². The molecule has 6 nitrogen and oxygen atoms in total. The van der Waals surface area contributed by atoms with Crippen LogP contribution in [0.25, 0.3) is 11.2 Å². The Morgan fingerprint density at radius 2 is 2.19 bits per heavy atom. The number of aromatic nitrogens is 4. The number of Topliss-reactive ketones (excluding diaryl/α,β-unsaturated/α-hetero) is 1. The molecule has 9 heteroatoms. The summed E-state index contributed by atoms with van der Waals surface area (Å²) in [5.41, 5.74) is 9.38. The predicted molar refractivity (Wildman–Crippen MR) is 119 cm³/mol. The van der Waals surface area contributed by atoms with E-state index in [9.17, 15) is 4.79 Å². The fourth-order valence-electron chi connectivity index (χ4n) is 3.13. The van der Waals surface area contributed by atoms with Crippen molar-refractivity contribution in [2.24, 2.45) is 0 Å². The highest BCUT2D eigenvalue weighted by Gasteiger charge is 2.23. The quantitative estimate of drug-likeness (QED) is 0.368. The minimum absolute atomic E-state index is 0.236. The van der Waals surface area contributed by atoms with E-state index in [0.29, 0.717) is 22.6 Å². The number of rotatable bonds is 5. The van der Waals surface area contributed by atoms with E-state index >= 15 is 0 Å². The van der Waals surface area contributed by atoms with Gasteiger partial charge in [-0.2, -0.15) is 0 Å². The molecule has 2 N–H and O–H groups in total. The van der Waals surface area contributed by atoms with E-state index < -0.39 is 0 Å². The first-order chi connectivity index (χ1) is 13.0. The Morgan fingerprint density at radius 3 is 2.96 bits per heavy atom. The number of hydrogen-bond acceptors (Lipinski definition) is 6. The van der Waals surface area contributed by atoms with Crippen LogP contribution in [-0.4, -0.2) is 30.1 Å². The number of nitrogen functional groups attached to an aromatic ring is 1. The van der Waals surface area contributed by atoms with Crippen LogP contribution in [0.4, 0.5) is 5.82 Å². The van der Waals surface area contributed by atoms with Crippen LogP contribution in [0.15, 0.2) is 28.5 Å². The Labute approximate surface area is 183 Å². The minimum atomic E-state index is 0.236. The summed E-state index contributed by atoms with van der Waals surface area (Å²) in [7, 11) is 0. The molecule has 0 fully saturated rings. The van der Waals surface area contributed by atoms with Gasteiger partial charge in [0.15, 0.2) is 27.9 Å². The number of carbonyl (C=O) groups is 1. The lowest BCUT2D eigenvalue weighted by Gasteiger charge is -2.13. The summed E-state index contributed by atoms with van der Waals surface area (Å²) in [6.45, 7) is 2.88. The molecular weight excluding hydrogens is 541 g/mol. The third-order valence-electron chi connectivity index (χ3n) is 4.63. The Bertz CT molecular complexity index is 1050. The lowest BCUT2D eigenvalue weighted by molar-refractivity contribution is 0.0994. The summed E-state index contributed by atoms with van der Waals surface area (Å²) in [6, 6.07) is 4.12. The summed E-state index contributed by atoms with van der Waals surface area (Å²) in [5, 5.41) is 0.831. The Hall–Kier alpha value is -1.20. The lowest BCUT2D eigenvalue weighted by Crippen LogP contribution is -2.10. The topological polar surface area (TPSA) is 86.7 Å². The van der Waals surface area contributed by atoms with E-state index in [1.807, 2.05) is 6.07 Å². The number of ketones is 1. The van der Waals surface area contributed by atoms with Crippen LogP contribution < -0.4 is 5.73 Å². The van der Waals surface area contributed by atoms with Crippen LogP contribution in [0.5, 0.6) is 0 Å². The molecule has 0 spiro atoms. The van der Waals surface area contributed by atoms with Gasteiger partial charge in [0.2, 0.25) is 0 Å². The Balaban J connectivity index is 1.79. The molecule has 1 aliphatic rings. The zero-order chi connectivity index (χ0) is 19.1. The molecule has 1 aromatic carbocycles. The zero-order valence-electron chi connectivity index (χ0n) is 14.6. The van der Waals surface area contributed by atoms with Crippen molar-refractivity contribution in [3.05, 3.63) is 33.2 Å². The number of imidazole rings is 1. The standard InChI is InChI=1S/C18H17BrIN5OS/c1-2-10(19)7-25-17-15(16(21)22-8-23-17)24-18(25)27-14-5-9-3-4-13(26)11(9)6-12(14)20/h5-6,8,10H,2-4,7H2,1H3,(H2,21,22,23)/t10-/m1/s1. The molecule has 0 amide bonds. The van der Waals surface area contributed by atoms with Gasteiger partial charge < -0.3 is 10.3 Å². The zero-order valence-corrected chi connectivity index (χ0v) is 19.1. The molecule has 27 heavy (non-hydrogen) atoms. The van der Waals surface area contributed by atoms with Gasteiger partial charge in [0.1, 0.15) is 6.33 Å². The smallest absolute Gasteiger partial charge is 0.175 e. The first-order valence-electron chi connectivity index (χ1n) is 8.62. The van der Waals surface area contributed by atoms with Crippen LogP contribution in [0.2, 0.25) is 0 Å². The lowest BCUT2D eigenvalue weighted by atomic mass is 10.1. The van der Waals surface area contributed by atoms with Crippen molar-refractivity contribution < 1.29 is 4.79 Å². The molecule has 2 aromatic heterocycles. The van der Waals surface area contributed by atoms with Crippen molar-refractivity contribution in [2.75, 3.05) is 5.73 Å². The summed E-state index contributed by atoms with van der Waals surface area (Å²) < 4.78 is 3.14.